The number of aryl methyl sites for hydroxylation is 1. The van der Waals surface area contributed by atoms with Crippen LogP contribution in [-0.2, 0) is 9.84 Å². The number of benzene rings is 2. The number of nitrogens with zero attached hydrogens (tertiary/aromatic N) is 4. The van der Waals surface area contributed by atoms with E-state index in [9.17, 15) is 8.42 Å². The van der Waals surface area contributed by atoms with Crippen LogP contribution in [-0.4, -0.2) is 33.9 Å². The zero-order valence-corrected chi connectivity index (χ0v) is 18.3. The molecule has 158 valence electrons. The molecule has 0 amide bonds. The summed E-state index contributed by atoms with van der Waals surface area (Å²) in [5, 5.41) is 11.8. The predicted octanol–water partition coefficient (Wildman–Crippen LogP) is 4.93. The van der Waals surface area contributed by atoms with E-state index in [1.165, 1.54) is 4.80 Å². The molecule has 7 heteroatoms. The summed E-state index contributed by atoms with van der Waals surface area (Å²) < 4.78 is 26.9. The minimum absolute atomic E-state index is 0.290. The fourth-order valence-corrected chi connectivity index (χ4v) is 5.09. The van der Waals surface area contributed by atoms with Crippen LogP contribution in [0, 0.1) is 6.92 Å². The van der Waals surface area contributed by atoms with E-state index in [0.717, 1.165) is 36.8 Å². The molecular formula is C23H28N4O2S. The SMILES string of the molecule is C=C(C(CCCCCC)S(=O)(=O)c1ccc(C)cc1)n1nnc(-c2ccccc2)n1. The zero-order chi connectivity index (χ0) is 21.6. The Hall–Kier alpha value is -2.80. The van der Waals surface area contributed by atoms with Crippen LogP contribution in [0.2, 0.25) is 0 Å². The summed E-state index contributed by atoms with van der Waals surface area (Å²) in [6.07, 6.45) is 4.40. The summed E-state index contributed by atoms with van der Waals surface area (Å²) in [6.45, 7) is 8.12. The van der Waals surface area contributed by atoms with Crippen molar-refractivity contribution in [3.63, 3.8) is 0 Å². The van der Waals surface area contributed by atoms with Gasteiger partial charge in [-0.15, -0.1) is 15.0 Å². The molecule has 1 unspecified atom stereocenters. The normalized spacial score (nSPS) is 12.6. The first-order valence-electron chi connectivity index (χ1n) is 10.3. The summed E-state index contributed by atoms with van der Waals surface area (Å²) in [5.74, 6) is 0.439. The van der Waals surface area contributed by atoms with Gasteiger partial charge in [0.1, 0.15) is 5.25 Å². The molecule has 0 N–H and O–H groups in total. The van der Waals surface area contributed by atoms with E-state index in [1.807, 2.05) is 49.4 Å². The highest BCUT2D eigenvalue weighted by Gasteiger charge is 2.32. The Labute approximate surface area is 178 Å². The lowest BCUT2D eigenvalue weighted by Gasteiger charge is -2.19. The predicted molar refractivity (Wildman–Crippen MR) is 119 cm³/mol. The summed E-state index contributed by atoms with van der Waals surface area (Å²) in [7, 11) is -3.64. The summed E-state index contributed by atoms with van der Waals surface area (Å²) in [4.78, 5) is 1.55. The fraction of sp³-hybridized carbons (Fsp3) is 0.348. The molecule has 0 spiro atoms. The van der Waals surface area contributed by atoms with Gasteiger partial charge in [-0.25, -0.2) is 8.42 Å². The molecule has 1 atom stereocenters. The second kappa shape index (κ2) is 9.80. The maximum absolute atomic E-state index is 13.4. The molecule has 0 aliphatic carbocycles. The van der Waals surface area contributed by atoms with Crippen LogP contribution in [0.15, 0.2) is 66.1 Å². The van der Waals surface area contributed by atoms with E-state index >= 15 is 0 Å². The lowest BCUT2D eigenvalue weighted by molar-refractivity contribution is 0.566. The van der Waals surface area contributed by atoms with E-state index in [-0.39, 0.29) is 4.90 Å². The molecule has 0 aliphatic heterocycles. The van der Waals surface area contributed by atoms with Crippen molar-refractivity contribution in [3.8, 4) is 11.4 Å². The standard InChI is InChI=1S/C23H28N4O2S/c1-4-5-6-10-13-22(30(28,29)21-16-14-18(2)15-17-21)19(3)27-25-23(24-26-27)20-11-8-7-9-12-20/h7-9,11-12,14-17,22H,3-6,10,13H2,1-2H3. The largest absolute Gasteiger partial charge is 0.223 e. The number of rotatable bonds is 10. The molecule has 30 heavy (non-hydrogen) atoms. The molecule has 0 aliphatic rings. The average molecular weight is 425 g/mol. The molecule has 1 heterocycles. The zero-order valence-electron chi connectivity index (χ0n) is 17.5. The van der Waals surface area contributed by atoms with E-state index in [2.05, 4.69) is 28.9 Å². The Morgan fingerprint density at radius 2 is 1.73 bits per heavy atom. The molecule has 0 bridgehead atoms. The molecule has 3 rings (SSSR count). The summed E-state index contributed by atoms with van der Waals surface area (Å²) in [6, 6.07) is 16.4. The molecule has 6 nitrogen and oxygen atoms in total. The maximum Gasteiger partial charge on any atom is 0.205 e. The first kappa shape index (κ1) is 21.9. The first-order chi connectivity index (χ1) is 14.4. The lowest BCUT2D eigenvalue weighted by atomic mass is 10.1. The van der Waals surface area contributed by atoms with Crippen LogP contribution in [0.1, 0.15) is 44.6 Å². The number of tetrazole rings is 1. The van der Waals surface area contributed by atoms with Crippen LogP contribution >= 0.6 is 0 Å². The number of unbranched alkanes of at least 4 members (excludes halogenated alkanes) is 3. The van der Waals surface area contributed by atoms with Gasteiger partial charge in [-0.05, 0) is 30.7 Å². The average Bonchev–Trinajstić information content (AvgIpc) is 3.24. The Morgan fingerprint density at radius 1 is 1.03 bits per heavy atom. The van der Waals surface area contributed by atoms with Crippen LogP contribution in [0.25, 0.3) is 17.1 Å². The maximum atomic E-state index is 13.4. The minimum atomic E-state index is -3.64. The van der Waals surface area contributed by atoms with E-state index in [4.69, 9.17) is 0 Å². The Morgan fingerprint density at radius 3 is 2.40 bits per heavy atom. The highest BCUT2D eigenvalue weighted by Crippen LogP contribution is 2.28. The van der Waals surface area contributed by atoms with E-state index in [1.54, 1.807) is 12.1 Å². The van der Waals surface area contributed by atoms with Crippen molar-refractivity contribution in [1.29, 1.82) is 0 Å². The third-order valence-electron chi connectivity index (χ3n) is 5.12. The van der Waals surface area contributed by atoms with Crippen molar-refractivity contribution in [1.82, 2.24) is 20.2 Å². The van der Waals surface area contributed by atoms with E-state index in [0.29, 0.717) is 17.9 Å². The first-order valence-corrected chi connectivity index (χ1v) is 11.8. The molecular weight excluding hydrogens is 396 g/mol. The van der Waals surface area contributed by atoms with Crippen molar-refractivity contribution in [3.05, 3.63) is 66.7 Å². The van der Waals surface area contributed by atoms with Gasteiger partial charge in [0, 0.05) is 5.56 Å². The molecule has 0 radical (unpaired) electrons. The molecule has 3 aromatic rings. The van der Waals surface area contributed by atoms with Gasteiger partial charge >= 0.3 is 0 Å². The summed E-state index contributed by atoms with van der Waals surface area (Å²) >= 11 is 0. The van der Waals surface area contributed by atoms with Gasteiger partial charge in [-0.1, -0.05) is 87.2 Å². The second-order valence-electron chi connectivity index (χ2n) is 7.46. The van der Waals surface area contributed by atoms with Crippen LogP contribution in [0.5, 0.6) is 0 Å². The quantitative estimate of drug-likeness (QED) is 0.431. The van der Waals surface area contributed by atoms with Crippen LogP contribution in [0.4, 0.5) is 0 Å². The highest BCUT2D eigenvalue weighted by atomic mass is 32.2. The molecule has 1 aromatic heterocycles. The minimum Gasteiger partial charge on any atom is -0.223 e. The van der Waals surface area contributed by atoms with Gasteiger partial charge in [-0.2, -0.15) is 0 Å². The van der Waals surface area contributed by atoms with Crippen LogP contribution < -0.4 is 0 Å². The smallest absolute Gasteiger partial charge is 0.205 e. The van der Waals surface area contributed by atoms with Gasteiger partial charge in [0.25, 0.3) is 0 Å². The highest BCUT2D eigenvalue weighted by molar-refractivity contribution is 7.92. The van der Waals surface area contributed by atoms with Gasteiger partial charge in [0.2, 0.25) is 5.82 Å². The number of hydrogen-bond donors (Lipinski definition) is 0. The second-order valence-corrected chi connectivity index (χ2v) is 9.59. The topological polar surface area (TPSA) is 77.7 Å². The number of aromatic nitrogens is 4. The van der Waals surface area contributed by atoms with Gasteiger partial charge in [0.05, 0.1) is 10.6 Å². The van der Waals surface area contributed by atoms with Gasteiger partial charge < -0.3 is 0 Å². The molecule has 0 saturated carbocycles. The van der Waals surface area contributed by atoms with Crippen molar-refractivity contribution in [2.45, 2.75) is 56.1 Å². The van der Waals surface area contributed by atoms with Crippen molar-refractivity contribution in [2.24, 2.45) is 0 Å². The Balaban J connectivity index is 1.90. The van der Waals surface area contributed by atoms with Gasteiger partial charge in [0.15, 0.2) is 9.84 Å². The lowest BCUT2D eigenvalue weighted by Crippen LogP contribution is -2.26. The Kier molecular flexibility index (Phi) is 7.15. The fourth-order valence-electron chi connectivity index (χ4n) is 3.32. The number of hydrogen-bond acceptors (Lipinski definition) is 5. The monoisotopic (exact) mass is 424 g/mol. The Bertz CT molecular complexity index is 1070. The third kappa shape index (κ3) is 5.02. The van der Waals surface area contributed by atoms with Crippen molar-refractivity contribution >= 4 is 15.5 Å². The summed E-state index contributed by atoms with van der Waals surface area (Å²) in [5.41, 5.74) is 2.15. The van der Waals surface area contributed by atoms with Crippen molar-refractivity contribution in [2.75, 3.05) is 0 Å². The molecule has 2 aromatic carbocycles. The molecule has 0 fully saturated rings. The van der Waals surface area contributed by atoms with Crippen molar-refractivity contribution < 1.29 is 8.42 Å². The third-order valence-corrected chi connectivity index (χ3v) is 7.30. The number of sulfone groups is 1. The van der Waals surface area contributed by atoms with Gasteiger partial charge in [-0.3, -0.25) is 0 Å². The van der Waals surface area contributed by atoms with E-state index < -0.39 is 15.1 Å². The molecule has 0 saturated heterocycles. The van der Waals surface area contributed by atoms with Crippen LogP contribution in [0.3, 0.4) is 0 Å².